The molecular formula is C15H16N2O3. The Kier molecular flexibility index (Phi) is 3.28. The molecule has 0 radical (unpaired) electrons. The zero-order valence-corrected chi connectivity index (χ0v) is 11.3. The first-order chi connectivity index (χ1) is 9.66. The fourth-order valence-electron chi connectivity index (χ4n) is 2.60. The van der Waals surface area contributed by atoms with E-state index in [0.29, 0.717) is 24.2 Å². The van der Waals surface area contributed by atoms with Gasteiger partial charge in [-0.1, -0.05) is 0 Å². The van der Waals surface area contributed by atoms with Gasteiger partial charge in [0.05, 0.1) is 24.3 Å². The normalized spacial score (nSPS) is 15.6. The van der Waals surface area contributed by atoms with Gasteiger partial charge in [-0.2, -0.15) is 0 Å². The average Bonchev–Trinajstić information content (AvgIpc) is 2.47. The number of nitrogens with zero attached hydrogens (tertiary/aromatic N) is 2. The van der Waals surface area contributed by atoms with Crippen LogP contribution in [0.4, 0.5) is 5.69 Å². The summed E-state index contributed by atoms with van der Waals surface area (Å²) in [6.07, 6.45) is 1.55. The molecule has 3 rings (SSSR count). The zero-order valence-electron chi connectivity index (χ0n) is 11.3. The van der Waals surface area contributed by atoms with E-state index >= 15 is 0 Å². The minimum atomic E-state index is -0.920. The smallest absolute Gasteiger partial charge is 0.336 e. The second-order valence-corrected chi connectivity index (χ2v) is 4.92. The number of morpholine rings is 1. The lowest BCUT2D eigenvalue weighted by Gasteiger charge is -2.29. The van der Waals surface area contributed by atoms with Crippen molar-refractivity contribution in [1.29, 1.82) is 0 Å². The fraction of sp³-hybridized carbons (Fsp3) is 0.333. The number of carbonyl (C=O) groups is 1. The Morgan fingerprint density at radius 1 is 1.35 bits per heavy atom. The number of aryl methyl sites for hydroxylation is 1. The summed E-state index contributed by atoms with van der Waals surface area (Å²) in [5.74, 6) is -0.920. The monoisotopic (exact) mass is 272 g/mol. The number of ether oxygens (including phenoxy) is 1. The van der Waals surface area contributed by atoms with Crippen LogP contribution < -0.4 is 4.90 Å². The molecule has 5 heteroatoms. The van der Waals surface area contributed by atoms with Gasteiger partial charge >= 0.3 is 5.97 Å². The maximum absolute atomic E-state index is 11.4. The summed E-state index contributed by atoms with van der Waals surface area (Å²) in [6.45, 7) is 5.03. The molecule has 1 aliphatic rings. The van der Waals surface area contributed by atoms with Crippen molar-refractivity contribution in [2.24, 2.45) is 0 Å². The Balaban J connectivity index is 2.15. The molecule has 2 aromatic rings. The number of benzene rings is 1. The lowest BCUT2D eigenvalue weighted by atomic mass is 10.0. The Hall–Kier alpha value is -2.14. The molecule has 5 nitrogen and oxygen atoms in total. The van der Waals surface area contributed by atoms with Gasteiger partial charge in [0.25, 0.3) is 0 Å². The highest BCUT2D eigenvalue weighted by Gasteiger charge is 2.16. The van der Waals surface area contributed by atoms with Crippen LogP contribution in [-0.4, -0.2) is 42.4 Å². The van der Waals surface area contributed by atoms with Crippen LogP contribution in [0, 0.1) is 6.92 Å². The summed E-state index contributed by atoms with van der Waals surface area (Å²) in [7, 11) is 0. The molecule has 0 spiro atoms. The Morgan fingerprint density at radius 3 is 2.80 bits per heavy atom. The number of aromatic nitrogens is 1. The molecule has 2 heterocycles. The van der Waals surface area contributed by atoms with Crippen molar-refractivity contribution in [1.82, 2.24) is 4.98 Å². The summed E-state index contributed by atoms with van der Waals surface area (Å²) in [5, 5.41) is 10.0. The molecule has 0 bridgehead atoms. The SMILES string of the molecule is Cc1cc(N2CCOCC2)cc2c(C(=O)O)ccnc12. The van der Waals surface area contributed by atoms with Gasteiger partial charge in [0, 0.05) is 30.4 Å². The molecule has 0 atom stereocenters. The third-order valence-electron chi connectivity index (χ3n) is 3.63. The van der Waals surface area contributed by atoms with Crippen LogP contribution in [0.5, 0.6) is 0 Å². The lowest BCUT2D eigenvalue weighted by Crippen LogP contribution is -2.36. The molecule has 0 aliphatic carbocycles. The van der Waals surface area contributed by atoms with Crippen LogP contribution in [0.2, 0.25) is 0 Å². The van der Waals surface area contributed by atoms with Gasteiger partial charge in [0.15, 0.2) is 0 Å². The van der Waals surface area contributed by atoms with Gasteiger partial charge in [-0.05, 0) is 30.7 Å². The van der Waals surface area contributed by atoms with Gasteiger partial charge in [-0.15, -0.1) is 0 Å². The molecule has 0 unspecified atom stereocenters. The van der Waals surface area contributed by atoms with E-state index in [2.05, 4.69) is 16.0 Å². The zero-order chi connectivity index (χ0) is 14.1. The lowest BCUT2D eigenvalue weighted by molar-refractivity contribution is 0.0699. The summed E-state index contributed by atoms with van der Waals surface area (Å²) in [4.78, 5) is 17.9. The number of rotatable bonds is 2. The number of fused-ring (bicyclic) bond motifs is 1. The predicted molar refractivity (Wildman–Crippen MR) is 76.5 cm³/mol. The largest absolute Gasteiger partial charge is 0.478 e. The number of hydrogen-bond donors (Lipinski definition) is 1. The Labute approximate surface area is 116 Å². The summed E-state index contributed by atoms with van der Waals surface area (Å²) < 4.78 is 5.35. The molecule has 1 N–H and O–H groups in total. The predicted octanol–water partition coefficient (Wildman–Crippen LogP) is 2.08. The van der Waals surface area contributed by atoms with E-state index < -0.39 is 5.97 Å². The van der Waals surface area contributed by atoms with Crippen molar-refractivity contribution in [2.45, 2.75) is 6.92 Å². The van der Waals surface area contributed by atoms with Gasteiger partial charge < -0.3 is 14.7 Å². The quantitative estimate of drug-likeness (QED) is 0.906. The highest BCUT2D eigenvalue weighted by molar-refractivity contribution is 6.04. The van der Waals surface area contributed by atoms with E-state index in [1.807, 2.05) is 13.0 Å². The fourth-order valence-corrected chi connectivity index (χ4v) is 2.60. The minimum Gasteiger partial charge on any atom is -0.478 e. The van der Waals surface area contributed by atoms with Crippen LogP contribution in [0.15, 0.2) is 24.4 Å². The van der Waals surface area contributed by atoms with E-state index in [1.165, 1.54) is 0 Å². The van der Waals surface area contributed by atoms with E-state index in [-0.39, 0.29) is 0 Å². The first kappa shape index (κ1) is 12.9. The molecule has 1 aliphatic heterocycles. The second-order valence-electron chi connectivity index (χ2n) is 4.92. The molecular weight excluding hydrogens is 256 g/mol. The highest BCUT2D eigenvalue weighted by atomic mass is 16.5. The van der Waals surface area contributed by atoms with Crippen molar-refractivity contribution in [3.63, 3.8) is 0 Å². The number of pyridine rings is 1. The van der Waals surface area contributed by atoms with Crippen molar-refractivity contribution in [3.05, 3.63) is 35.5 Å². The van der Waals surface area contributed by atoms with E-state index in [0.717, 1.165) is 29.9 Å². The van der Waals surface area contributed by atoms with Crippen molar-refractivity contribution in [2.75, 3.05) is 31.2 Å². The first-order valence-corrected chi connectivity index (χ1v) is 6.62. The number of carboxylic acids is 1. The summed E-state index contributed by atoms with van der Waals surface area (Å²) in [5.41, 5.74) is 3.08. The molecule has 1 aromatic carbocycles. The molecule has 0 saturated carbocycles. The van der Waals surface area contributed by atoms with Gasteiger partial charge in [-0.25, -0.2) is 4.79 Å². The van der Waals surface area contributed by atoms with Crippen LogP contribution in [0.1, 0.15) is 15.9 Å². The van der Waals surface area contributed by atoms with Crippen molar-refractivity contribution < 1.29 is 14.6 Å². The first-order valence-electron chi connectivity index (χ1n) is 6.62. The minimum absolute atomic E-state index is 0.299. The highest BCUT2D eigenvalue weighted by Crippen LogP contribution is 2.27. The number of aromatic carboxylic acids is 1. The maximum atomic E-state index is 11.4. The van der Waals surface area contributed by atoms with Crippen LogP contribution in [-0.2, 0) is 4.74 Å². The number of anilines is 1. The maximum Gasteiger partial charge on any atom is 0.336 e. The summed E-state index contributed by atoms with van der Waals surface area (Å²) in [6, 6.07) is 5.53. The number of carboxylic acid groups (broad SMARTS) is 1. The van der Waals surface area contributed by atoms with Crippen molar-refractivity contribution in [3.8, 4) is 0 Å². The molecule has 1 aromatic heterocycles. The molecule has 1 fully saturated rings. The molecule has 1 saturated heterocycles. The second kappa shape index (κ2) is 5.09. The van der Waals surface area contributed by atoms with Crippen LogP contribution in [0.3, 0.4) is 0 Å². The van der Waals surface area contributed by atoms with Crippen LogP contribution >= 0.6 is 0 Å². The van der Waals surface area contributed by atoms with Crippen molar-refractivity contribution >= 4 is 22.6 Å². The summed E-state index contributed by atoms with van der Waals surface area (Å²) >= 11 is 0. The topological polar surface area (TPSA) is 62.7 Å². The van der Waals surface area contributed by atoms with E-state index in [4.69, 9.17) is 4.74 Å². The molecule has 0 amide bonds. The Morgan fingerprint density at radius 2 is 2.10 bits per heavy atom. The third kappa shape index (κ3) is 2.20. The molecule has 20 heavy (non-hydrogen) atoms. The average molecular weight is 272 g/mol. The van der Waals surface area contributed by atoms with E-state index in [9.17, 15) is 9.90 Å². The van der Waals surface area contributed by atoms with Gasteiger partial charge in [0.2, 0.25) is 0 Å². The van der Waals surface area contributed by atoms with Gasteiger partial charge in [-0.3, -0.25) is 4.98 Å². The number of hydrogen-bond acceptors (Lipinski definition) is 4. The van der Waals surface area contributed by atoms with Crippen LogP contribution in [0.25, 0.3) is 10.9 Å². The van der Waals surface area contributed by atoms with Gasteiger partial charge in [0.1, 0.15) is 0 Å². The molecule has 104 valence electrons. The third-order valence-corrected chi connectivity index (χ3v) is 3.63. The van der Waals surface area contributed by atoms with E-state index in [1.54, 1.807) is 12.3 Å². The standard InChI is InChI=1S/C15H16N2O3/c1-10-8-11(17-4-6-20-7-5-17)9-13-12(15(18)19)2-3-16-14(10)13/h2-3,8-9H,4-7H2,1H3,(H,18,19). The Bertz CT molecular complexity index is 663.